The van der Waals surface area contributed by atoms with Crippen LogP contribution in [0.25, 0.3) is 21.8 Å². The van der Waals surface area contributed by atoms with Crippen molar-refractivity contribution in [2.75, 3.05) is 56.2 Å². The summed E-state index contributed by atoms with van der Waals surface area (Å²) in [6.07, 6.45) is 4.07. The second-order valence-electron chi connectivity index (χ2n) is 9.41. The Hall–Kier alpha value is -3.45. The third-order valence-electron chi connectivity index (χ3n) is 7.56. The number of halogens is 1. The number of para-hydroxylation sites is 2. The number of pyridine rings is 2. The lowest BCUT2D eigenvalue weighted by molar-refractivity contribution is 0.160. The predicted octanol–water partition coefficient (Wildman–Crippen LogP) is 4.72. The molecule has 0 radical (unpaired) electrons. The molecule has 2 aromatic carbocycles. The molecule has 7 heteroatoms. The van der Waals surface area contributed by atoms with Crippen molar-refractivity contribution in [3.05, 3.63) is 66.7 Å². The molecule has 4 heterocycles. The smallest absolute Gasteiger partial charge is 0.217 e. The Bertz CT molecular complexity index is 1340. The van der Waals surface area contributed by atoms with Gasteiger partial charge in [-0.15, -0.1) is 0 Å². The van der Waals surface area contributed by atoms with E-state index in [1.165, 1.54) is 17.1 Å². The van der Waals surface area contributed by atoms with E-state index < -0.39 is 5.95 Å². The van der Waals surface area contributed by atoms with Crippen molar-refractivity contribution in [3.8, 4) is 5.75 Å². The highest BCUT2D eigenvalue weighted by Gasteiger charge is 2.29. The molecule has 2 aromatic heterocycles. The molecule has 6 rings (SSSR count). The number of anilines is 2. The van der Waals surface area contributed by atoms with Gasteiger partial charge in [-0.3, -0.25) is 9.88 Å². The first kappa shape index (κ1) is 22.0. The van der Waals surface area contributed by atoms with Crippen molar-refractivity contribution >= 4 is 33.2 Å². The molecule has 35 heavy (non-hydrogen) atoms. The van der Waals surface area contributed by atoms with Gasteiger partial charge in [0.05, 0.1) is 24.0 Å². The normalized spacial score (nSPS) is 17.9. The van der Waals surface area contributed by atoms with Crippen LogP contribution in [0.5, 0.6) is 5.75 Å². The Morgan fingerprint density at radius 2 is 1.51 bits per heavy atom. The molecule has 0 amide bonds. The van der Waals surface area contributed by atoms with Crippen LogP contribution in [0.15, 0.2) is 60.8 Å². The molecule has 0 saturated carbocycles. The van der Waals surface area contributed by atoms with Crippen molar-refractivity contribution in [2.45, 2.75) is 18.9 Å². The molecule has 0 spiro atoms. The first-order valence-electron chi connectivity index (χ1n) is 12.4. The van der Waals surface area contributed by atoms with E-state index in [9.17, 15) is 4.39 Å². The average Bonchev–Trinajstić information content (AvgIpc) is 2.92. The summed E-state index contributed by atoms with van der Waals surface area (Å²) in [6, 6.07) is 18.5. The number of methoxy groups -OCH3 is 1. The zero-order valence-corrected chi connectivity index (χ0v) is 20.0. The van der Waals surface area contributed by atoms with Gasteiger partial charge < -0.3 is 14.5 Å². The Balaban J connectivity index is 1.12. The predicted molar refractivity (Wildman–Crippen MR) is 139 cm³/mol. The van der Waals surface area contributed by atoms with E-state index in [-0.39, 0.29) is 0 Å². The molecular formula is C28H30FN5O. The molecule has 0 N–H and O–H groups in total. The third kappa shape index (κ3) is 4.14. The number of hydrogen-bond donors (Lipinski definition) is 0. The summed E-state index contributed by atoms with van der Waals surface area (Å²) in [7, 11) is 1.57. The van der Waals surface area contributed by atoms with Crippen LogP contribution in [0, 0.1) is 5.95 Å². The maximum absolute atomic E-state index is 14.2. The molecule has 0 unspecified atom stereocenters. The number of fused-ring (bicyclic) bond motifs is 2. The largest absolute Gasteiger partial charge is 0.496 e. The maximum atomic E-state index is 14.2. The second kappa shape index (κ2) is 9.30. The van der Waals surface area contributed by atoms with E-state index in [1.54, 1.807) is 7.11 Å². The van der Waals surface area contributed by atoms with Gasteiger partial charge in [0.2, 0.25) is 5.95 Å². The van der Waals surface area contributed by atoms with Crippen LogP contribution in [-0.4, -0.2) is 67.3 Å². The van der Waals surface area contributed by atoms with Crippen LogP contribution in [-0.2, 0) is 0 Å². The number of hydrogen-bond acceptors (Lipinski definition) is 6. The van der Waals surface area contributed by atoms with Gasteiger partial charge in [0.25, 0.3) is 0 Å². The lowest BCUT2D eigenvalue weighted by Gasteiger charge is -2.44. The molecule has 6 nitrogen and oxygen atoms in total. The van der Waals surface area contributed by atoms with E-state index in [0.29, 0.717) is 17.3 Å². The van der Waals surface area contributed by atoms with E-state index in [2.05, 4.69) is 48.9 Å². The number of rotatable bonds is 4. The summed E-state index contributed by atoms with van der Waals surface area (Å²) >= 11 is 0. The number of nitrogens with zero attached hydrogens (tertiary/aromatic N) is 5. The van der Waals surface area contributed by atoms with Crippen LogP contribution < -0.4 is 14.5 Å². The number of ether oxygens (including phenoxy) is 1. The highest BCUT2D eigenvalue weighted by molar-refractivity contribution is 5.95. The number of piperazine rings is 1. The SMILES string of the molecule is COc1cc(F)nc2c(N3CCC(N4CCN(c5cccc6cccnc56)CC4)CC3)cccc12. The van der Waals surface area contributed by atoms with Crippen LogP contribution in [0.3, 0.4) is 0 Å². The van der Waals surface area contributed by atoms with Gasteiger partial charge in [0.1, 0.15) is 11.3 Å². The van der Waals surface area contributed by atoms with Gasteiger partial charge in [-0.05, 0) is 37.1 Å². The summed E-state index contributed by atoms with van der Waals surface area (Å²) in [4.78, 5) is 16.3. The summed E-state index contributed by atoms with van der Waals surface area (Å²) in [5.41, 5.74) is 4.00. The van der Waals surface area contributed by atoms with Crippen LogP contribution >= 0.6 is 0 Å². The topological polar surface area (TPSA) is 44.7 Å². The lowest BCUT2D eigenvalue weighted by Crippen LogP contribution is -2.53. The summed E-state index contributed by atoms with van der Waals surface area (Å²) < 4.78 is 19.6. The summed E-state index contributed by atoms with van der Waals surface area (Å²) in [6.45, 7) is 6.04. The monoisotopic (exact) mass is 471 g/mol. The maximum Gasteiger partial charge on any atom is 0.217 e. The van der Waals surface area contributed by atoms with Gasteiger partial charge in [-0.2, -0.15) is 4.39 Å². The number of piperidine rings is 1. The molecule has 0 aliphatic carbocycles. The van der Waals surface area contributed by atoms with Gasteiger partial charge >= 0.3 is 0 Å². The van der Waals surface area contributed by atoms with Crippen LogP contribution in [0.2, 0.25) is 0 Å². The summed E-state index contributed by atoms with van der Waals surface area (Å²) in [5, 5.41) is 2.05. The minimum Gasteiger partial charge on any atom is -0.496 e. The minimum absolute atomic E-state index is 0.504. The fraction of sp³-hybridized carbons (Fsp3) is 0.357. The molecule has 4 aromatic rings. The Kier molecular flexibility index (Phi) is 5.86. The zero-order chi connectivity index (χ0) is 23.8. The fourth-order valence-electron chi connectivity index (χ4n) is 5.74. The van der Waals surface area contributed by atoms with Gasteiger partial charge in [0, 0.05) is 68.3 Å². The number of benzene rings is 2. The minimum atomic E-state index is -0.504. The van der Waals surface area contributed by atoms with Crippen LogP contribution in [0.4, 0.5) is 15.8 Å². The molecule has 0 bridgehead atoms. The van der Waals surface area contributed by atoms with Gasteiger partial charge in [-0.1, -0.05) is 24.3 Å². The van der Waals surface area contributed by atoms with Crippen molar-refractivity contribution in [3.63, 3.8) is 0 Å². The van der Waals surface area contributed by atoms with Gasteiger partial charge in [0.15, 0.2) is 0 Å². The van der Waals surface area contributed by atoms with E-state index in [4.69, 9.17) is 4.74 Å². The standard InChI is InChI=1S/C28H30FN5O/c1-35-25-19-26(29)31-28-22(25)7-3-9-24(28)33-13-10-21(11-14-33)32-15-17-34(18-16-32)23-8-2-5-20-6-4-12-30-27(20)23/h2-9,12,19,21H,10-11,13-18H2,1H3. The number of aromatic nitrogens is 2. The molecule has 2 aliphatic rings. The highest BCUT2D eigenvalue weighted by atomic mass is 19.1. The van der Waals surface area contributed by atoms with Crippen molar-refractivity contribution in [1.29, 1.82) is 0 Å². The Morgan fingerprint density at radius 1 is 0.829 bits per heavy atom. The van der Waals surface area contributed by atoms with E-state index in [0.717, 1.165) is 68.7 Å². The Morgan fingerprint density at radius 3 is 2.29 bits per heavy atom. The average molecular weight is 472 g/mol. The lowest BCUT2D eigenvalue weighted by atomic mass is 10.0. The molecule has 2 saturated heterocycles. The molecule has 0 atom stereocenters. The van der Waals surface area contributed by atoms with Gasteiger partial charge in [-0.25, -0.2) is 4.98 Å². The molecule has 2 fully saturated rings. The van der Waals surface area contributed by atoms with Crippen molar-refractivity contribution < 1.29 is 9.13 Å². The molecule has 180 valence electrons. The fourth-order valence-corrected chi connectivity index (χ4v) is 5.74. The van der Waals surface area contributed by atoms with Crippen LogP contribution in [0.1, 0.15) is 12.8 Å². The van der Waals surface area contributed by atoms with Crippen molar-refractivity contribution in [2.24, 2.45) is 0 Å². The highest BCUT2D eigenvalue weighted by Crippen LogP contribution is 2.34. The first-order valence-corrected chi connectivity index (χ1v) is 12.4. The second-order valence-corrected chi connectivity index (χ2v) is 9.41. The van der Waals surface area contributed by atoms with Crippen molar-refractivity contribution in [1.82, 2.24) is 14.9 Å². The zero-order valence-electron chi connectivity index (χ0n) is 20.0. The molecular weight excluding hydrogens is 441 g/mol. The summed E-state index contributed by atoms with van der Waals surface area (Å²) in [5.74, 6) is 0.0273. The first-order chi connectivity index (χ1) is 17.2. The quantitative estimate of drug-likeness (QED) is 0.401. The van der Waals surface area contributed by atoms with E-state index >= 15 is 0 Å². The van der Waals surface area contributed by atoms with E-state index in [1.807, 2.05) is 30.5 Å². The molecule has 2 aliphatic heterocycles. The Labute approximate surface area is 204 Å². The third-order valence-corrected chi connectivity index (χ3v) is 7.56.